The monoisotopic (exact) mass is 421 g/mol. The van der Waals surface area contributed by atoms with Gasteiger partial charge in [-0.1, -0.05) is 56.3 Å². The van der Waals surface area contributed by atoms with Crippen LogP contribution in [0.25, 0.3) is 39.1 Å². The van der Waals surface area contributed by atoms with Crippen molar-refractivity contribution in [2.24, 2.45) is 5.92 Å². The van der Waals surface area contributed by atoms with Gasteiger partial charge in [0.2, 0.25) is 0 Å². The maximum absolute atomic E-state index is 11.1. The molecule has 0 amide bonds. The molecule has 5 aromatic rings. The number of pyridine rings is 1. The van der Waals surface area contributed by atoms with Crippen LogP contribution in [0.5, 0.6) is 0 Å². The van der Waals surface area contributed by atoms with Gasteiger partial charge in [-0.3, -0.25) is 9.78 Å². The van der Waals surface area contributed by atoms with Gasteiger partial charge in [-0.05, 0) is 24.1 Å². The van der Waals surface area contributed by atoms with E-state index in [4.69, 9.17) is 5.10 Å². The lowest BCUT2D eigenvalue weighted by atomic mass is 10.1. The summed E-state index contributed by atoms with van der Waals surface area (Å²) in [6, 6.07) is 19.6. The van der Waals surface area contributed by atoms with E-state index in [9.17, 15) is 4.79 Å². The maximum atomic E-state index is 11.1. The lowest BCUT2D eigenvalue weighted by Crippen LogP contribution is -2.10. The zero-order valence-electron chi connectivity index (χ0n) is 18.0. The SMILES string of the molecule is CC(C)CNc1cc(-c2ccnc3ccccc23)nn2c(-c3ccc(C=O)cc3)cnc12. The molecule has 0 bridgehead atoms. The van der Waals surface area contributed by atoms with E-state index in [1.807, 2.05) is 53.3 Å². The van der Waals surface area contributed by atoms with Crippen molar-refractivity contribution in [2.45, 2.75) is 13.8 Å². The second-order valence-electron chi connectivity index (χ2n) is 8.21. The van der Waals surface area contributed by atoms with Gasteiger partial charge in [-0.25, -0.2) is 9.50 Å². The topological polar surface area (TPSA) is 72.2 Å². The van der Waals surface area contributed by atoms with Crippen LogP contribution in [0, 0.1) is 5.92 Å². The van der Waals surface area contributed by atoms with E-state index in [1.54, 1.807) is 12.1 Å². The van der Waals surface area contributed by atoms with E-state index in [0.29, 0.717) is 11.5 Å². The molecule has 0 unspecified atom stereocenters. The van der Waals surface area contributed by atoms with E-state index in [0.717, 1.165) is 57.6 Å². The fourth-order valence-electron chi connectivity index (χ4n) is 3.79. The van der Waals surface area contributed by atoms with Gasteiger partial charge in [0.1, 0.15) is 6.29 Å². The number of carbonyl (C=O) groups excluding carboxylic acids is 1. The molecule has 32 heavy (non-hydrogen) atoms. The largest absolute Gasteiger partial charge is 0.382 e. The second-order valence-corrected chi connectivity index (χ2v) is 8.21. The van der Waals surface area contributed by atoms with Crippen LogP contribution >= 0.6 is 0 Å². The quantitative estimate of drug-likeness (QED) is 0.367. The van der Waals surface area contributed by atoms with E-state index in [-0.39, 0.29) is 0 Å². The first-order valence-corrected chi connectivity index (χ1v) is 10.7. The van der Waals surface area contributed by atoms with Crippen LogP contribution in [-0.4, -0.2) is 32.4 Å². The summed E-state index contributed by atoms with van der Waals surface area (Å²) in [5, 5.41) is 9.57. The van der Waals surface area contributed by atoms with Crippen LogP contribution < -0.4 is 5.32 Å². The molecule has 2 aromatic carbocycles. The van der Waals surface area contributed by atoms with Crippen molar-refractivity contribution in [3.05, 3.63) is 78.6 Å². The molecule has 0 saturated heterocycles. The average molecular weight is 422 g/mol. The van der Waals surface area contributed by atoms with Gasteiger partial charge in [0, 0.05) is 34.8 Å². The van der Waals surface area contributed by atoms with Crippen LogP contribution in [0.2, 0.25) is 0 Å². The van der Waals surface area contributed by atoms with Crippen molar-refractivity contribution in [2.75, 3.05) is 11.9 Å². The summed E-state index contributed by atoms with van der Waals surface area (Å²) in [5.41, 5.74) is 6.93. The number of nitrogens with one attached hydrogen (secondary N) is 1. The first-order chi connectivity index (χ1) is 15.6. The molecule has 5 rings (SSSR count). The highest BCUT2D eigenvalue weighted by Crippen LogP contribution is 2.31. The van der Waals surface area contributed by atoms with Crippen molar-refractivity contribution in [1.82, 2.24) is 19.6 Å². The molecule has 0 spiro atoms. The Labute approximate surface area is 186 Å². The molecule has 3 aromatic heterocycles. The number of fused-ring (bicyclic) bond motifs is 2. The Balaban J connectivity index is 1.73. The Morgan fingerprint density at radius 3 is 2.62 bits per heavy atom. The summed E-state index contributed by atoms with van der Waals surface area (Å²) in [6.45, 7) is 5.18. The smallest absolute Gasteiger partial charge is 0.177 e. The number of benzene rings is 2. The number of anilines is 1. The number of hydrogen-bond acceptors (Lipinski definition) is 5. The number of hydrogen-bond donors (Lipinski definition) is 1. The summed E-state index contributed by atoms with van der Waals surface area (Å²) >= 11 is 0. The Bertz CT molecular complexity index is 1410. The van der Waals surface area contributed by atoms with Crippen molar-refractivity contribution >= 4 is 28.5 Å². The number of para-hydroxylation sites is 1. The Hall–Kier alpha value is -4.06. The molecule has 6 nitrogen and oxygen atoms in total. The van der Waals surface area contributed by atoms with Crippen molar-refractivity contribution in [1.29, 1.82) is 0 Å². The molecule has 0 aliphatic heterocycles. The molecule has 3 heterocycles. The molecule has 0 radical (unpaired) electrons. The molecule has 158 valence electrons. The first kappa shape index (κ1) is 19.9. The molecule has 6 heteroatoms. The fourth-order valence-corrected chi connectivity index (χ4v) is 3.79. The number of aldehydes is 1. The highest BCUT2D eigenvalue weighted by atomic mass is 16.1. The van der Waals surface area contributed by atoms with Crippen molar-refractivity contribution in [3.63, 3.8) is 0 Å². The molecule has 0 atom stereocenters. The fraction of sp³-hybridized carbons (Fsp3) is 0.154. The highest BCUT2D eigenvalue weighted by Gasteiger charge is 2.15. The molecular weight excluding hydrogens is 398 g/mol. The van der Waals surface area contributed by atoms with Gasteiger partial charge in [-0.2, -0.15) is 5.10 Å². The van der Waals surface area contributed by atoms with E-state index < -0.39 is 0 Å². The number of imidazole rings is 1. The molecule has 0 fully saturated rings. The lowest BCUT2D eigenvalue weighted by molar-refractivity contribution is 0.112. The Kier molecular flexibility index (Phi) is 5.11. The first-order valence-electron chi connectivity index (χ1n) is 10.7. The minimum Gasteiger partial charge on any atom is -0.382 e. The Morgan fingerprint density at radius 2 is 1.84 bits per heavy atom. The number of rotatable bonds is 6. The predicted octanol–water partition coefficient (Wildman–Crippen LogP) is 5.49. The predicted molar refractivity (Wildman–Crippen MR) is 128 cm³/mol. The van der Waals surface area contributed by atoms with Crippen LogP contribution in [0.15, 0.2) is 73.1 Å². The normalized spacial score (nSPS) is 11.3. The second kappa shape index (κ2) is 8.23. The van der Waals surface area contributed by atoms with E-state index >= 15 is 0 Å². The van der Waals surface area contributed by atoms with Gasteiger partial charge < -0.3 is 5.32 Å². The minimum atomic E-state index is 0.485. The molecule has 1 N–H and O–H groups in total. The summed E-state index contributed by atoms with van der Waals surface area (Å²) in [4.78, 5) is 20.2. The van der Waals surface area contributed by atoms with Crippen LogP contribution in [0.4, 0.5) is 5.69 Å². The zero-order valence-corrected chi connectivity index (χ0v) is 18.0. The average Bonchev–Trinajstić information content (AvgIpc) is 3.26. The standard InChI is InChI=1S/C26H23N5O/c1-17(2)14-28-24-13-23(21-11-12-27-22-6-4-3-5-20(21)22)30-31-25(15-29-26(24)31)19-9-7-18(16-32)8-10-19/h3-13,15-17,28H,14H2,1-2H3. The van der Waals surface area contributed by atoms with Crippen LogP contribution in [0.1, 0.15) is 24.2 Å². The molecule has 0 aliphatic carbocycles. The number of carbonyl (C=O) groups is 1. The van der Waals surface area contributed by atoms with Gasteiger partial charge >= 0.3 is 0 Å². The summed E-state index contributed by atoms with van der Waals surface area (Å²) < 4.78 is 1.88. The van der Waals surface area contributed by atoms with Crippen LogP contribution in [0.3, 0.4) is 0 Å². The van der Waals surface area contributed by atoms with Crippen molar-refractivity contribution < 1.29 is 4.79 Å². The molecular formula is C26H23N5O. The van der Waals surface area contributed by atoms with Gasteiger partial charge in [-0.15, -0.1) is 0 Å². The van der Waals surface area contributed by atoms with E-state index in [2.05, 4.69) is 41.3 Å². The number of nitrogens with zero attached hydrogens (tertiary/aromatic N) is 4. The third-order valence-corrected chi connectivity index (χ3v) is 5.44. The van der Waals surface area contributed by atoms with Crippen LogP contribution in [-0.2, 0) is 0 Å². The molecule has 0 aliphatic rings. The van der Waals surface area contributed by atoms with Gasteiger partial charge in [0.25, 0.3) is 0 Å². The minimum absolute atomic E-state index is 0.485. The molecule has 0 saturated carbocycles. The number of aromatic nitrogens is 4. The van der Waals surface area contributed by atoms with Gasteiger partial charge in [0.15, 0.2) is 5.65 Å². The summed E-state index contributed by atoms with van der Waals surface area (Å²) in [7, 11) is 0. The third kappa shape index (κ3) is 3.60. The highest BCUT2D eigenvalue weighted by molar-refractivity contribution is 5.94. The third-order valence-electron chi connectivity index (χ3n) is 5.44. The lowest BCUT2D eigenvalue weighted by Gasteiger charge is -2.13. The zero-order chi connectivity index (χ0) is 22.1. The van der Waals surface area contributed by atoms with Crippen molar-refractivity contribution in [3.8, 4) is 22.5 Å². The summed E-state index contributed by atoms with van der Waals surface area (Å²) in [6.07, 6.45) is 4.49. The maximum Gasteiger partial charge on any atom is 0.177 e. The summed E-state index contributed by atoms with van der Waals surface area (Å²) in [5.74, 6) is 0.485. The Morgan fingerprint density at radius 1 is 1.03 bits per heavy atom. The van der Waals surface area contributed by atoms with Gasteiger partial charge in [0.05, 0.1) is 28.8 Å². The van der Waals surface area contributed by atoms with E-state index in [1.165, 1.54) is 0 Å².